The van der Waals surface area contributed by atoms with Gasteiger partial charge in [-0.25, -0.2) is 4.79 Å². The zero-order valence-corrected chi connectivity index (χ0v) is 9.64. The minimum atomic E-state index is -0.404. The quantitative estimate of drug-likeness (QED) is 0.790. The molecule has 0 heterocycles. The first-order valence-corrected chi connectivity index (χ1v) is 5.27. The van der Waals surface area contributed by atoms with Crippen LogP contribution >= 0.6 is 0 Å². The van der Waals surface area contributed by atoms with Crippen molar-refractivity contribution >= 4 is 6.09 Å². The van der Waals surface area contributed by atoms with Gasteiger partial charge >= 0.3 is 6.09 Å². The Kier molecular flexibility index (Phi) is 5.12. The number of methoxy groups -OCH3 is 1. The summed E-state index contributed by atoms with van der Waals surface area (Å²) in [5.74, 6) is 0. The number of benzene rings is 1. The molecule has 1 unspecified atom stereocenters. The Morgan fingerprint density at radius 2 is 2.12 bits per heavy atom. The zero-order chi connectivity index (χ0) is 11.8. The van der Waals surface area contributed by atoms with Gasteiger partial charge in [0, 0.05) is 0 Å². The van der Waals surface area contributed by atoms with Crippen molar-refractivity contribution in [2.24, 2.45) is 0 Å². The molecule has 0 aromatic heterocycles. The maximum Gasteiger partial charge on any atom is 0.407 e. The standard InChI is InChI=1S/C13H17NO2/c1-3-7-12(14-13(15)16-2)10-11-8-5-4-6-9-11/h3-9,12H,10H2,1-2H3,(H,14,15)/b7-3+. The van der Waals surface area contributed by atoms with Crippen LogP contribution in [0.25, 0.3) is 0 Å². The molecule has 16 heavy (non-hydrogen) atoms. The van der Waals surface area contributed by atoms with E-state index in [2.05, 4.69) is 10.1 Å². The number of hydrogen-bond acceptors (Lipinski definition) is 2. The van der Waals surface area contributed by atoms with Crippen LogP contribution in [0.1, 0.15) is 12.5 Å². The van der Waals surface area contributed by atoms with Gasteiger partial charge in [0.25, 0.3) is 0 Å². The molecule has 86 valence electrons. The SMILES string of the molecule is C/C=C/C(Cc1ccccc1)NC(=O)OC. The number of alkyl carbamates (subject to hydrolysis) is 1. The minimum Gasteiger partial charge on any atom is -0.453 e. The molecule has 3 nitrogen and oxygen atoms in total. The van der Waals surface area contributed by atoms with Gasteiger partial charge in [-0.2, -0.15) is 0 Å². The Bertz CT molecular complexity index is 346. The van der Waals surface area contributed by atoms with Crippen LogP contribution in [0, 0.1) is 0 Å². The van der Waals surface area contributed by atoms with Crippen molar-refractivity contribution in [3.63, 3.8) is 0 Å². The van der Waals surface area contributed by atoms with Crippen LogP contribution in [0.4, 0.5) is 4.79 Å². The highest BCUT2D eigenvalue weighted by molar-refractivity contribution is 5.67. The number of carbonyl (C=O) groups is 1. The highest BCUT2D eigenvalue weighted by atomic mass is 16.5. The van der Waals surface area contributed by atoms with Crippen LogP contribution in [0.2, 0.25) is 0 Å². The summed E-state index contributed by atoms with van der Waals surface area (Å²) in [6, 6.07) is 9.99. The van der Waals surface area contributed by atoms with Gasteiger partial charge in [0.15, 0.2) is 0 Å². The fourth-order valence-corrected chi connectivity index (χ4v) is 1.48. The summed E-state index contributed by atoms with van der Waals surface area (Å²) in [5.41, 5.74) is 1.18. The van der Waals surface area contributed by atoms with Gasteiger partial charge in [-0.15, -0.1) is 0 Å². The molecule has 0 spiro atoms. The molecule has 1 amide bonds. The second-order valence-electron chi connectivity index (χ2n) is 3.46. The number of amides is 1. The molecule has 3 heteroatoms. The number of ether oxygens (including phenoxy) is 1. The highest BCUT2D eigenvalue weighted by Gasteiger charge is 2.09. The number of allylic oxidation sites excluding steroid dienone is 1. The van der Waals surface area contributed by atoms with E-state index in [4.69, 9.17) is 0 Å². The molecule has 0 aliphatic carbocycles. The molecular formula is C13H17NO2. The summed E-state index contributed by atoms with van der Waals surface area (Å²) in [5, 5.41) is 2.77. The third kappa shape index (κ3) is 4.17. The fraction of sp³-hybridized carbons (Fsp3) is 0.308. The first-order valence-electron chi connectivity index (χ1n) is 5.27. The van der Waals surface area contributed by atoms with Gasteiger partial charge in [-0.05, 0) is 18.9 Å². The van der Waals surface area contributed by atoms with E-state index in [9.17, 15) is 4.79 Å². The molecule has 0 saturated carbocycles. The molecule has 0 bridgehead atoms. The lowest BCUT2D eigenvalue weighted by molar-refractivity contribution is 0.168. The summed E-state index contributed by atoms with van der Waals surface area (Å²) in [4.78, 5) is 11.1. The van der Waals surface area contributed by atoms with Gasteiger partial charge in [0.2, 0.25) is 0 Å². The van der Waals surface area contributed by atoms with E-state index in [1.165, 1.54) is 12.7 Å². The van der Waals surface area contributed by atoms with Gasteiger partial charge in [0.05, 0.1) is 13.2 Å². The van der Waals surface area contributed by atoms with E-state index in [-0.39, 0.29) is 6.04 Å². The second kappa shape index (κ2) is 6.67. The largest absolute Gasteiger partial charge is 0.453 e. The van der Waals surface area contributed by atoms with Gasteiger partial charge in [-0.1, -0.05) is 42.5 Å². The van der Waals surface area contributed by atoms with Crippen molar-refractivity contribution in [2.75, 3.05) is 7.11 Å². The number of carbonyl (C=O) groups excluding carboxylic acids is 1. The van der Waals surface area contributed by atoms with Gasteiger partial charge in [0.1, 0.15) is 0 Å². The monoisotopic (exact) mass is 219 g/mol. The van der Waals surface area contributed by atoms with Crippen LogP contribution in [-0.4, -0.2) is 19.2 Å². The maximum absolute atomic E-state index is 11.1. The van der Waals surface area contributed by atoms with Crippen molar-refractivity contribution < 1.29 is 9.53 Å². The van der Waals surface area contributed by atoms with Crippen LogP contribution in [0.5, 0.6) is 0 Å². The summed E-state index contributed by atoms with van der Waals surface area (Å²) in [6.07, 6.45) is 4.23. The van der Waals surface area contributed by atoms with E-state index < -0.39 is 6.09 Å². The lowest BCUT2D eigenvalue weighted by atomic mass is 10.1. The highest BCUT2D eigenvalue weighted by Crippen LogP contribution is 2.04. The predicted octanol–water partition coefficient (Wildman–Crippen LogP) is 2.53. The lowest BCUT2D eigenvalue weighted by Gasteiger charge is -2.14. The van der Waals surface area contributed by atoms with Crippen LogP contribution in [-0.2, 0) is 11.2 Å². The molecule has 0 fully saturated rings. The van der Waals surface area contributed by atoms with Crippen LogP contribution in [0.15, 0.2) is 42.5 Å². The van der Waals surface area contributed by atoms with E-state index in [0.29, 0.717) is 0 Å². The van der Waals surface area contributed by atoms with Crippen molar-refractivity contribution in [2.45, 2.75) is 19.4 Å². The summed E-state index contributed by atoms with van der Waals surface area (Å²) in [7, 11) is 1.37. The average Bonchev–Trinajstić information content (AvgIpc) is 2.30. The molecule has 1 rings (SSSR count). The van der Waals surface area contributed by atoms with Gasteiger partial charge < -0.3 is 10.1 Å². The van der Waals surface area contributed by atoms with Crippen molar-refractivity contribution in [1.29, 1.82) is 0 Å². The number of nitrogens with one attached hydrogen (secondary N) is 1. The molecule has 0 aliphatic rings. The van der Waals surface area contributed by atoms with Crippen LogP contribution in [0.3, 0.4) is 0 Å². The Balaban J connectivity index is 2.61. The lowest BCUT2D eigenvalue weighted by Crippen LogP contribution is -2.34. The molecule has 1 aromatic rings. The first kappa shape index (κ1) is 12.3. The predicted molar refractivity (Wildman–Crippen MR) is 64.3 cm³/mol. The normalized spacial score (nSPS) is 12.4. The third-order valence-corrected chi connectivity index (χ3v) is 2.21. The Morgan fingerprint density at radius 3 is 2.69 bits per heavy atom. The molecule has 0 radical (unpaired) electrons. The fourth-order valence-electron chi connectivity index (χ4n) is 1.48. The summed E-state index contributed by atoms with van der Waals surface area (Å²) < 4.78 is 4.58. The third-order valence-electron chi connectivity index (χ3n) is 2.21. The molecule has 1 atom stereocenters. The number of rotatable bonds is 4. The van der Waals surface area contributed by atoms with Gasteiger partial charge in [-0.3, -0.25) is 0 Å². The van der Waals surface area contributed by atoms with Crippen molar-refractivity contribution in [3.8, 4) is 0 Å². The van der Waals surface area contributed by atoms with E-state index >= 15 is 0 Å². The molecule has 0 aliphatic heterocycles. The minimum absolute atomic E-state index is 0.0279. The van der Waals surface area contributed by atoms with Crippen molar-refractivity contribution in [1.82, 2.24) is 5.32 Å². The molecular weight excluding hydrogens is 202 g/mol. The Hall–Kier alpha value is -1.77. The molecule has 1 aromatic carbocycles. The number of hydrogen-bond donors (Lipinski definition) is 1. The topological polar surface area (TPSA) is 38.3 Å². The summed E-state index contributed by atoms with van der Waals surface area (Å²) >= 11 is 0. The molecule has 0 saturated heterocycles. The maximum atomic E-state index is 11.1. The zero-order valence-electron chi connectivity index (χ0n) is 9.64. The smallest absolute Gasteiger partial charge is 0.407 e. The Labute approximate surface area is 96.1 Å². The van der Waals surface area contributed by atoms with Crippen LogP contribution < -0.4 is 5.32 Å². The van der Waals surface area contributed by atoms with E-state index in [1.807, 2.05) is 49.4 Å². The van der Waals surface area contributed by atoms with E-state index in [0.717, 1.165) is 6.42 Å². The summed E-state index contributed by atoms with van der Waals surface area (Å²) in [6.45, 7) is 1.93. The average molecular weight is 219 g/mol. The van der Waals surface area contributed by atoms with Crippen molar-refractivity contribution in [3.05, 3.63) is 48.0 Å². The van der Waals surface area contributed by atoms with E-state index in [1.54, 1.807) is 0 Å². The Morgan fingerprint density at radius 1 is 1.44 bits per heavy atom. The molecule has 1 N–H and O–H groups in total. The second-order valence-corrected chi connectivity index (χ2v) is 3.46. The first-order chi connectivity index (χ1) is 7.76.